The molecule has 5 heteroatoms. The van der Waals surface area contributed by atoms with Gasteiger partial charge in [0.15, 0.2) is 0 Å². The van der Waals surface area contributed by atoms with Crippen LogP contribution in [0.1, 0.15) is 34.1 Å². The van der Waals surface area contributed by atoms with E-state index in [1.54, 1.807) is 0 Å². The SMILES string of the molecule is O=C(O)c1sc(-c2cccc(Br)c2)nc1C1CC1. The molecule has 0 aliphatic heterocycles. The summed E-state index contributed by atoms with van der Waals surface area (Å²) >= 11 is 4.68. The lowest BCUT2D eigenvalue weighted by molar-refractivity contribution is 0.0700. The van der Waals surface area contributed by atoms with Gasteiger partial charge >= 0.3 is 5.97 Å². The van der Waals surface area contributed by atoms with Crippen LogP contribution >= 0.6 is 27.3 Å². The predicted octanol–water partition coefficient (Wildman–Crippen LogP) is 4.15. The maximum Gasteiger partial charge on any atom is 0.347 e. The summed E-state index contributed by atoms with van der Waals surface area (Å²) in [5.74, 6) is -0.510. The van der Waals surface area contributed by atoms with Gasteiger partial charge in [-0.25, -0.2) is 9.78 Å². The normalized spacial score (nSPS) is 14.7. The quantitative estimate of drug-likeness (QED) is 0.923. The lowest BCUT2D eigenvalue weighted by Gasteiger charge is -1.96. The Balaban J connectivity index is 2.07. The minimum absolute atomic E-state index is 0.355. The van der Waals surface area contributed by atoms with Gasteiger partial charge in [-0.15, -0.1) is 11.3 Å². The fourth-order valence-electron chi connectivity index (χ4n) is 1.86. The van der Waals surface area contributed by atoms with Crippen LogP contribution in [0, 0.1) is 0 Å². The molecule has 0 unspecified atom stereocenters. The highest BCUT2D eigenvalue weighted by atomic mass is 79.9. The highest BCUT2D eigenvalue weighted by Gasteiger charge is 2.32. The lowest BCUT2D eigenvalue weighted by atomic mass is 10.2. The number of carboxylic acid groups (broad SMARTS) is 1. The monoisotopic (exact) mass is 323 g/mol. The minimum atomic E-state index is -0.865. The van der Waals surface area contributed by atoms with Crippen molar-refractivity contribution in [1.29, 1.82) is 0 Å². The van der Waals surface area contributed by atoms with E-state index in [-0.39, 0.29) is 0 Å². The summed E-state index contributed by atoms with van der Waals surface area (Å²) in [7, 11) is 0. The van der Waals surface area contributed by atoms with Gasteiger partial charge in [0.2, 0.25) is 0 Å². The Bertz CT molecular complexity index is 619. The van der Waals surface area contributed by atoms with Crippen LogP contribution < -0.4 is 0 Å². The van der Waals surface area contributed by atoms with Gasteiger partial charge in [-0.3, -0.25) is 0 Å². The lowest BCUT2D eigenvalue weighted by Crippen LogP contribution is -1.97. The number of benzene rings is 1. The van der Waals surface area contributed by atoms with E-state index in [0.717, 1.165) is 33.6 Å². The van der Waals surface area contributed by atoms with Crippen LogP contribution in [0.25, 0.3) is 10.6 Å². The maximum absolute atomic E-state index is 11.2. The molecule has 3 nitrogen and oxygen atoms in total. The Hall–Kier alpha value is -1.20. The molecule has 1 aromatic carbocycles. The van der Waals surface area contributed by atoms with Gasteiger partial charge in [0.25, 0.3) is 0 Å². The number of aromatic carboxylic acids is 1. The number of aromatic nitrogens is 1. The summed E-state index contributed by atoms with van der Waals surface area (Å²) in [4.78, 5) is 16.1. The summed E-state index contributed by atoms with van der Waals surface area (Å²) in [6.45, 7) is 0. The number of carbonyl (C=O) groups is 1. The Morgan fingerprint density at radius 2 is 2.22 bits per heavy atom. The molecule has 1 aromatic heterocycles. The number of rotatable bonds is 3. The van der Waals surface area contributed by atoms with Crippen molar-refractivity contribution in [3.63, 3.8) is 0 Å². The third-order valence-electron chi connectivity index (χ3n) is 2.88. The van der Waals surface area contributed by atoms with E-state index >= 15 is 0 Å². The smallest absolute Gasteiger partial charge is 0.347 e. The number of carboxylic acids is 1. The summed E-state index contributed by atoms with van der Waals surface area (Å²) in [5, 5.41) is 10.0. The first-order valence-electron chi connectivity index (χ1n) is 5.65. The molecule has 0 radical (unpaired) electrons. The molecule has 0 atom stereocenters. The molecule has 1 heterocycles. The molecule has 0 saturated heterocycles. The van der Waals surface area contributed by atoms with Crippen molar-refractivity contribution in [3.05, 3.63) is 39.3 Å². The van der Waals surface area contributed by atoms with Crippen LogP contribution in [0.3, 0.4) is 0 Å². The summed E-state index contributed by atoms with van der Waals surface area (Å²) in [5.41, 5.74) is 1.73. The molecular weight excluding hydrogens is 314 g/mol. The predicted molar refractivity (Wildman–Crippen MR) is 74.2 cm³/mol. The van der Waals surface area contributed by atoms with Crippen molar-refractivity contribution >= 4 is 33.2 Å². The Morgan fingerprint density at radius 1 is 1.44 bits per heavy atom. The zero-order valence-corrected chi connectivity index (χ0v) is 11.8. The number of nitrogens with zero attached hydrogens (tertiary/aromatic N) is 1. The molecule has 0 bridgehead atoms. The van der Waals surface area contributed by atoms with E-state index < -0.39 is 5.97 Å². The van der Waals surface area contributed by atoms with E-state index in [4.69, 9.17) is 0 Å². The molecule has 2 aromatic rings. The molecule has 18 heavy (non-hydrogen) atoms. The van der Waals surface area contributed by atoms with Gasteiger partial charge in [0, 0.05) is 16.0 Å². The van der Waals surface area contributed by atoms with Crippen molar-refractivity contribution < 1.29 is 9.90 Å². The number of hydrogen-bond acceptors (Lipinski definition) is 3. The van der Waals surface area contributed by atoms with Gasteiger partial charge in [-0.2, -0.15) is 0 Å². The van der Waals surface area contributed by atoms with E-state index in [2.05, 4.69) is 20.9 Å². The highest BCUT2D eigenvalue weighted by Crippen LogP contribution is 2.44. The first-order chi connectivity index (χ1) is 8.65. The van der Waals surface area contributed by atoms with Gasteiger partial charge in [-0.1, -0.05) is 28.1 Å². The van der Waals surface area contributed by atoms with Crippen LogP contribution in [-0.2, 0) is 0 Å². The van der Waals surface area contributed by atoms with E-state index in [0.29, 0.717) is 10.8 Å². The summed E-state index contributed by atoms with van der Waals surface area (Å²) < 4.78 is 0.972. The van der Waals surface area contributed by atoms with Gasteiger partial charge < -0.3 is 5.11 Å². The van der Waals surface area contributed by atoms with Crippen molar-refractivity contribution in [2.24, 2.45) is 0 Å². The molecule has 1 aliphatic rings. The van der Waals surface area contributed by atoms with Crippen LogP contribution in [0.2, 0.25) is 0 Å². The first kappa shape index (κ1) is 11.9. The second-order valence-electron chi connectivity index (χ2n) is 4.32. The first-order valence-corrected chi connectivity index (χ1v) is 7.26. The molecule has 1 saturated carbocycles. The topological polar surface area (TPSA) is 50.2 Å². The number of halogens is 1. The molecule has 1 aliphatic carbocycles. The summed E-state index contributed by atoms with van der Waals surface area (Å²) in [6, 6.07) is 7.78. The molecule has 0 amide bonds. The van der Waals surface area contributed by atoms with Crippen LogP contribution in [0.4, 0.5) is 0 Å². The maximum atomic E-state index is 11.2. The fraction of sp³-hybridized carbons (Fsp3) is 0.231. The molecule has 92 valence electrons. The number of thiazole rings is 1. The molecule has 0 spiro atoms. The fourth-order valence-corrected chi connectivity index (χ4v) is 3.25. The standard InChI is InChI=1S/C13H10BrNO2S/c14-9-3-1-2-8(6-9)12-15-10(7-4-5-7)11(18-12)13(16)17/h1-3,6-7H,4-5H2,(H,16,17). The average Bonchev–Trinajstić information content (AvgIpc) is 3.07. The van der Waals surface area contributed by atoms with E-state index in [1.807, 2.05) is 24.3 Å². The second kappa shape index (κ2) is 4.48. The highest BCUT2D eigenvalue weighted by molar-refractivity contribution is 9.10. The molecule has 1 N–H and O–H groups in total. The molecular formula is C13H10BrNO2S. The zero-order valence-electron chi connectivity index (χ0n) is 9.39. The minimum Gasteiger partial charge on any atom is -0.477 e. The van der Waals surface area contributed by atoms with Crippen LogP contribution in [0.15, 0.2) is 28.7 Å². The van der Waals surface area contributed by atoms with E-state index in [1.165, 1.54) is 11.3 Å². The van der Waals surface area contributed by atoms with Gasteiger partial charge in [0.05, 0.1) is 5.69 Å². The average molecular weight is 324 g/mol. The van der Waals surface area contributed by atoms with Crippen molar-refractivity contribution in [3.8, 4) is 10.6 Å². The molecule has 3 rings (SSSR count). The van der Waals surface area contributed by atoms with Gasteiger partial charge in [0.1, 0.15) is 9.88 Å². The zero-order chi connectivity index (χ0) is 12.7. The van der Waals surface area contributed by atoms with Crippen LogP contribution in [-0.4, -0.2) is 16.1 Å². The third kappa shape index (κ3) is 2.20. The number of hydrogen-bond donors (Lipinski definition) is 1. The Morgan fingerprint density at radius 3 is 2.83 bits per heavy atom. The van der Waals surface area contributed by atoms with Crippen molar-refractivity contribution in [1.82, 2.24) is 4.98 Å². The van der Waals surface area contributed by atoms with Crippen molar-refractivity contribution in [2.75, 3.05) is 0 Å². The van der Waals surface area contributed by atoms with Gasteiger partial charge in [-0.05, 0) is 25.0 Å². The van der Waals surface area contributed by atoms with Crippen LogP contribution in [0.5, 0.6) is 0 Å². The van der Waals surface area contributed by atoms with E-state index in [9.17, 15) is 9.90 Å². The Labute approximate surface area is 117 Å². The largest absolute Gasteiger partial charge is 0.477 e. The molecule has 1 fully saturated rings. The second-order valence-corrected chi connectivity index (χ2v) is 6.24. The Kier molecular flexibility index (Phi) is 2.95. The third-order valence-corrected chi connectivity index (χ3v) is 4.48. The summed E-state index contributed by atoms with van der Waals surface area (Å²) in [6.07, 6.45) is 2.11. The van der Waals surface area contributed by atoms with Crippen molar-refractivity contribution in [2.45, 2.75) is 18.8 Å².